The van der Waals surface area contributed by atoms with Crippen LogP contribution in [0.1, 0.15) is 40.3 Å². The van der Waals surface area contributed by atoms with Gasteiger partial charge in [-0.25, -0.2) is 4.68 Å². The Hall–Kier alpha value is -3.19. The molecule has 0 aliphatic carbocycles. The number of hydrogen-bond donors (Lipinski definition) is 1. The number of carbonyl (C=O) groups excluding carboxylic acids is 1. The Morgan fingerprint density at radius 1 is 1.20 bits per heavy atom. The standard InChI is InChI=1S/C23H29N5O2/c1-6-17-10-12-18(13-11-17)21(27(3)4)15-24-23(29)22-16(2)28(26-25-22)19-8-7-9-20(14-19)30-5/h7-14,21H,6,15H2,1-5H3,(H,24,29). The van der Waals surface area contributed by atoms with Crippen molar-refractivity contribution < 1.29 is 9.53 Å². The Kier molecular flexibility index (Phi) is 6.84. The number of nitrogens with one attached hydrogen (secondary N) is 1. The van der Waals surface area contributed by atoms with E-state index < -0.39 is 0 Å². The summed E-state index contributed by atoms with van der Waals surface area (Å²) in [6.07, 6.45) is 1.01. The van der Waals surface area contributed by atoms with E-state index in [2.05, 4.69) is 51.7 Å². The molecule has 1 atom stereocenters. The Balaban J connectivity index is 1.74. The van der Waals surface area contributed by atoms with E-state index in [-0.39, 0.29) is 11.9 Å². The van der Waals surface area contributed by atoms with Crippen LogP contribution in [0.5, 0.6) is 5.75 Å². The summed E-state index contributed by atoms with van der Waals surface area (Å²) in [5.74, 6) is 0.481. The van der Waals surface area contributed by atoms with Crippen LogP contribution in [0.2, 0.25) is 0 Å². The summed E-state index contributed by atoms with van der Waals surface area (Å²) in [5, 5.41) is 11.3. The van der Waals surface area contributed by atoms with Crippen molar-refractivity contribution in [2.24, 2.45) is 0 Å². The molecule has 0 aliphatic rings. The van der Waals surface area contributed by atoms with E-state index in [9.17, 15) is 4.79 Å². The maximum absolute atomic E-state index is 12.8. The lowest BCUT2D eigenvalue weighted by Crippen LogP contribution is -2.35. The molecule has 30 heavy (non-hydrogen) atoms. The number of rotatable bonds is 8. The number of ether oxygens (including phenoxy) is 1. The number of carbonyl (C=O) groups is 1. The van der Waals surface area contributed by atoms with Gasteiger partial charge in [-0.05, 0) is 50.7 Å². The highest BCUT2D eigenvalue weighted by Crippen LogP contribution is 2.20. The molecule has 1 N–H and O–H groups in total. The summed E-state index contributed by atoms with van der Waals surface area (Å²) in [4.78, 5) is 14.9. The molecule has 0 saturated carbocycles. The summed E-state index contributed by atoms with van der Waals surface area (Å²) in [6.45, 7) is 4.45. The van der Waals surface area contributed by atoms with Crippen LogP contribution in [0, 0.1) is 6.92 Å². The minimum atomic E-state index is -0.237. The van der Waals surface area contributed by atoms with Crippen LogP contribution >= 0.6 is 0 Å². The molecule has 2 aromatic carbocycles. The summed E-state index contributed by atoms with van der Waals surface area (Å²) in [6, 6.07) is 16.1. The van der Waals surface area contributed by atoms with Crippen LogP contribution in [-0.2, 0) is 6.42 Å². The van der Waals surface area contributed by atoms with Gasteiger partial charge < -0.3 is 15.0 Å². The van der Waals surface area contributed by atoms with Crippen molar-refractivity contribution in [3.8, 4) is 11.4 Å². The van der Waals surface area contributed by atoms with E-state index in [1.165, 1.54) is 5.56 Å². The minimum absolute atomic E-state index is 0.0635. The molecule has 3 aromatic rings. The first-order valence-corrected chi connectivity index (χ1v) is 10.0. The maximum Gasteiger partial charge on any atom is 0.273 e. The number of aryl methyl sites for hydroxylation is 1. The Morgan fingerprint density at radius 3 is 2.57 bits per heavy atom. The SMILES string of the molecule is CCc1ccc(C(CNC(=O)c2nnn(-c3cccc(OC)c3)c2C)N(C)C)cc1. The van der Waals surface area contributed by atoms with Crippen molar-refractivity contribution in [2.75, 3.05) is 27.7 Å². The molecule has 3 rings (SSSR count). The van der Waals surface area contributed by atoms with Gasteiger partial charge >= 0.3 is 0 Å². The highest BCUT2D eigenvalue weighted by Gasteiger charge is 2.20. The minimum Gasteiger partial charge on any atom is -0.497 e. The fourth-order valence-electron chi connectivity index (χ4n) is 3.37. The Morgan fingerprint density at radius 2 is 1.93 bits per heavy atom. The Bertz CT molecular complexity index is 995. The summed E-state index contributed by atoms with van der Waals surface area (Å²) >= 11 is 0. The lowest BCUT2D eigenvalue weighted by atomic mass is 10.0. The normalized spacial score (nSPS) is 12.1. The van der Waals surface area contributed by atoms with Gasteiger partial charge in [0.25, 0.3) is 5.91 Å². The lowest BCUT2D eigenvalue weighted by molar-refractivity contribution is 0.0936. The molecule has 1 amide bonds. The van der Waals surface area contributed by atoms with Crippen LogP contribution in [0.15, 0.2) is 48.5 Å². The summed E-state index contributed by atoms with van der Waals surface area (Å²) in [5.41, 5.74) is 4.24. The van der Waals surface area contributed by atoms with Crippen molar-refractivity contribution in [1.29, 1.82) is 0 Å². The molecule has 158 valence electrons. The molecule has 0 aliphatic heterocycles. The zero-order valence-corrected chi connectivity index (χ0v) is 18.2. The van der Waals surface area contributed by atoms with Gasteiger partial charge in [-0.2, -0.15) is 0 Å². The van der Waals surface area contributed by atoms with Gasteiger partial charge in [0.1, 0.15) is 5.75 Å². The first-order chi connectivity index (χ1) is 14.4. The smallest absolute Gasteiger partial charge is 0.273 e. The van der Waals surface area contributed by atoms with Crippen molar-refractivity contribution in [3.63, 3.8) is 0 Å². The van der Waals surface area contributed by atoms with Crippen molar-refractivity contribution in [1.82, 2.24) is 25.2 Å². The molecule has 0 fully saturated rings. The van der Waals surface area contributed by atoms with Crippen LogP contribution in [-0.4, -0.2) is 53.6 Å². The largest absolute Gasteiger partial charge is 0.497 e. The number of likely N-dealkylation sites (N-methyl/N-ethyl adjacent to an activating group) is 1. The average Bonchev–Trinajstić information content (AvgIpc) is 3.15. The zero-order chi connectivity index (χ0) is 21.7. The molecule has 0 saturated heterocycles. The van der Waals surface area contributed by atoms with Crippen LogP contribution in [0.3, 0.4) is 0 Å². The van der Waals surface area contributed by atoms with Gasteiger partial charge in [0.15, 0.2) is 5.69 Å². The second-order valence-corrected chi connectivity index (χ2v) is 7.42. The van der Waals surface area contributed by atoms with Crippen molar-refractivity contribution in [2.45, 2.75) is 26.3 Å². The molecular weight excluding hydrogens is 378 g/mol. The highest BCUT2D eigenvalue weighted by molar-refractivity contribution is 5.93. The molecule has 7 heteroatoms. The van der Waals surface area contributed by atoms with Gasteiger partial charge in [0.2, 0.25) is 0 Å². The van der Waals surface area contributed by atoms with Crippen LogP contribution in [0.25, 0.3) is 5.69 Å². The predicted molar refractivity (Wildman–Crippen MR) is 117 cm³/mol. The lowest BCUT2D eigenvalue weighted by Gasteiger charge is -2.25. The molecule has 1 aromatic heterocycles. The summed E-state index contributed by atoms with van der Waals surface area (Å²) < 4.78 is 6.91. The highest BCUT2D eigenvalue weighted by atomic mass is 16.5. The number of aromatic nitrogens is 3. The second-order valence-electron chi connectivity index (χ2n) is 7.42. The monoisotopic (exact) mass is 407 g/mol. The number of nitrogens with zero attached hydrogens (tertiary/aromatic N) is 4. The number of benzene rings is 2. The molecule has 1 unspecified atom stereocenters. The fourth-order valence-corrected chi connectivity index (χ4v) is 3.37. The predicted octanol–water partition coefficient (Wildman–Crippen LogP) is 3.18. The second kappa shape index (κ2) is 9.54. The average molecular weight is 408 g/mol. The maximum atomic E-state index is 12.8. The number of hydrogen-bond acceptors (Lipinski definition) is 5. The molecule has 1 heterocycles. The Labute approximate surface area is 177 Å². The number of amides is 1. The first-order valence-electron chi connectivity index (χ1n) is 10.0. The fraction of sp³-hybridized carbons (Fsp3) is 0.348. The van der Waals surface area contributed by atoms with Crippen LogP contribution in [0.4, 0.5) is 0 Å². The quantitative estimate of drug-likeness (QED) is 0.621. The van der Waals surface area contributed by atoms with E-state index in [0.29, 0.717) is 17.9 Å². The van der Waals surface area contributed by atoms with Gasteiger partial charge in [0.05, 0.1) is 24.5 Å². The summed E-state index contributed by atoms with van der Waals surface area (Å²) in [7, 11) is 5.63. The molecular formula is C23H29N5O2. The van der Waals surface area contributed by atoms with Gasteiger partial charge in [0, 0.05) is 12.6 Å². The van der Waals surface area contributed by atoms with Gasteiger partial charge in [-0.3, -0.25) is 4.79 Å². The van der Waals surface area contributed by atoms with E-state index in [0.717, 1.165) is 23.4 Å². The van der Waals surface area contributed by atoms with Crippen LogP contribution < -0.4 is 10.1 Å². The van der Waals surface area contributed by atoms with Crippen molar-refractivity contribution in [3.05, 3.63) is 71.0 Å². The topological polar surface area (TPSA) is 72.3 Å². The van der Waals surface area contributed by atoms with E-state index >= 15 is 0 Å². The zero-order valence-electron chi connectivity index (χ0n) is 18.2. The molecule has 0 spiro atoms. The van der Waals surface area contributed by atoms with Crippen molar-refractivity contribution >= 4 is 5.91 Å². The third-order valence-electron chi connectivity index (χ3n) is 5.26. The van der Waals surface area contributed by atoms with Gasteiger partial charge in [-0.15, -0.1) is 5.10 Å². The van der Waals surface area contributed by atoms with E-state index in [1.807, 2.05) is 45.3 Å². The molecule has 0 radical (unpaired) electrons. The third kappa shape index (κ3) is 4.68. The molecule has 7 nitrogen and oxygen atoms in total. The third-order valence-corrected chi connectivity index (χ3v) is 5.26. The first kappa shape index (κ1) is 21.5. The number of methoxy groups -OCH3 is 1. The van der Waals surface area contributed by atoms with E-state index in [4.69, 9.17) is 4.74 Å². The molecule has 0 bridgehead atoms. The van der Waals surface area contributed by atoms with E-state index in [1.54, 1.807) is 11.8 Å². The van der Waals surface area contributed by atoms with Gasteiger partial charge in [-0.1, -0.05) is 42.5 Å².